The predicted molar refractivity (Wildman–Crippen MR) is 93.6 cm³/mol. The summed E-state index contributed by atoms with van der Waals surface area (Å²) in [5.41, 5.74) is 7.27. The largest absolute Gasteiger partial charge is 0.390 e. The lowest BCUT2D eigenvalue weighted by atomic mass is 10.2. The van der Waals surface area contributed by atoms with E-state index >= 15 is 0 Å². The molecule has 1 aromatic rings. The van der Waals surface area contributed by atoms with E-state index in [4.69, 9.17) is 10.5 Å². The highest BCUT2D eigenvalue weighted by Gasteiger charge is 2.23. The summed E-state index contributed by atoms with van der Waals surface area (Å²) in [6, 6.07) is 2.15. The minimum atomic E-state index is -0.140. The summed E-state index contributed by atoms with van der Waals surface area (Å²) >= 11 is 3.37. The van der Waals surface area contributed by atoms with Crippen molar-refractivity contribution in [3.05, 3.63) is 38.9 Å². The number of aryl methyl sites for hydroxylation is 1. The van der Waals surface area contributed by atoms with Crippen LogP contribution in [0.1, 0.15) is 0 Å². The fraction of sp³-hybridized carbons (Fsp3) is 0.467. The van der Waals surface area contributed by atoms with Crippen LogP contribution in [0.4, 0.5) is 5.69 Å². The second-order valence-corrected chi connectivity index (χ2v) is 6.51. The maximum atomic E-state index is 12.1. The van der Waals surface area contributed by atoms with Crippen molar-refractivity contribution >= 4 is 27.5 Å². The topological polar surface area (TPSA) is 86.5 Å². The van der Waals surface area contributed by atoms with Crippen LogP contribution in [0.25, 0.3) is 0 Å². The zero-order valence-corrected chi connectivity index (χ0v) is 15.2. The van der Waals surface area contributed by atoms with E-state index in [1.165, 1.54) is 4.57 Å². The van der Waals surface area contributed by atoms with Crippen LogP contribution in [-0.4, -0.2) is 55.2 Å². The molecule has 0 spiro atoms. The molecule has 1 aliphatic rings. The quantitative estimate of drug-likeness (QED) is 0.417. The summed E-state index contributed by atoms with van der Waals surface area (Å²) in [5.74, 6) is 0.405. The lowest BCUT2D eigenvalue weighted by Gasteiger charge is -2.34. The summed E-state index contributed by atoms with van der Waals surface area (Å²) in [7, 11) is 5.59. The first kappa shape index (κ1) is 17.7. The highest BCUT2D eigenvalue weighted by atomic mass is 79.9. The van der Waals surface area contributed by atoms with Crippen molar-refractivity contribution in [1.29, 1.82) is 0 Å². The summed E-state index contributed by atoms with van der Waals surface area (Å²) in [6.07, 6.45) is 3.50. The smallest absolute Gasteiger partial charge is 0.297 e. The molecule has 126 valence electrons. The zero-order valence-electron chi connectivity index (χ0n) is 13.6. The fourth-order valence-corrected chi connectivity index (χ4v) is 2.75. The minimum absolute atomic E-state index is 0.140. The van der Waals surface area contributed by atoms with Gasteiger partial charge in [0, 0.05) is 49.1 Å². The van der Waals surface area contributed by atoms with Crippen molar-refractivity contribution in [2.45, 2.75) is 6.04 Å². The molecule has 0 amide bonds. The van der Waals surface area contributed by atoms with E-state index in [9.17, 15) is 4.79 Å². The molecule has 0 aliphatic carbocycles. The zero-order chi connectivity index (χ0) is 17.0. The summed E-state index contributed by atoms with van der Waals surface area (Å²) < 4.78 is 7.50. The molecule has 2 heterocycles. The normalized spacial score (nSPS) is 16.6. The van der Waals surface area contributed by atoms with E-state index in [-0.39, 0.29) is 5.56 Å². The van der Waals surface area contributed by atoms with Gasteiger partial charge in [-0.2, -0.15) is 0 Å². The van der Waals surface area contributed by atoms with Gasteiger partial charge in [0.2, 0.25) is 0 Å². The highest BCUT2D eigenvalue weighted by molar-refractivity contribution is 9.10. The standard InChI is InChI=1S/C15H22BrN5O2/c1-18-11(7-20(2)12-8-23-9-12)5-14(17)19-13-4-10(16)6-21(3)15(13)22/h4-6,12,18H,7-9H2,1-3H3,(H2,17,19)/p+1/b11-5-. The summed E-state index contributed by atoms with van der Waals surface area (Å²) in [4.78, 5) is 17.2. The molecule has 2 rings (SSSR count). The van der Waals surface area contributed by atoms with Crippen molar-refractivity contribution in [1.82, 2.24) is 14.8 Å². The first-order valence-electron chi connectivity index (χ1n) is 7.32. The van der Waals surface area contributed by atoms with Gasteiger partial charge in [-0.3, -0.25) is 15.4 Å². The lowest BCUT2D eigenvalue weighted by Crippen LogP contribution is -2.71. The van der Waals surface area contributed by atoms with E-state index < -0.39 is 0 Å². The number of amidine groups is 1. The number of aromatic nitrogens is 1. The fourth-order valence-electron chi connectivity index (χ4n) is 2.21. The van der Waals surface area contributed by atoms with Crippen LogP contribution in [0.15, 0.2) is 33.3 Å². The molecule has 0 radical (unpaired) electrons. The van der Waals surface area contributed by atoms with E-state index in [0.29, 0.717) is 17.6 Å². The monoisotopic (exact) mass is 384 g/mol. The van der Waals surface area contributed by atoms with Gasteiger partial charge in [0.1, 0.15) is 0 Å². The molecule has 8 heteroatoms. The Labute approximate surface area is 144 Å². The Morgan fingerprint density at radius 3 is 2.91 bits per heavy atom. The highest BCUT2D eigenvalue weighted by Crippen LogP contribution is 2.09. The van der Waals surface area contributed by atoms with Crippen molar-refractivity contribution in [2.75, 3.05) is 33.9 Å². The van der Waals surface area contributed by atoms with Gasteiger partial charge >= 0.3 is 0 Å². The van der Waals surface area contributed by atoms with Crippen LogP contribution in [0.2, 0.25) is 0 Å². The van der Waals surface area contributed by atoms with Gasteiger partial charge in [0.05, 0.1) is 19.3 Å². The second kappa shape index (κ2) is 7.76. The van der Waals surface area contributed by atoms with E-state index in [2.05, 4.69) is 31.1 Å². The van der Waals surface area contributed by atoms with Crippen LogP contribution < -0.4 is 21.6 Å². The molecule has 0 aromatic carbocycles. The average molecular weight is 385 g/mol. The third kappa shape index (κ3) is 4.66. The van der Waals surface area contributed by atoms with Crippen molar-refractivity contribution in [3.8, 4) is 0 Å². The van der Waals surface area contributed by atoms with E-state index in [1.54, 1.807) is 25.4 Å². The number of likely N-dealkylation sites (N-methyl/N-ethyl adjacent to an activating group) is 2. The van der Waals surface area contributed by atoms with E-state index in [0.717, 1.165) is 29.9 Å². The van der Waals surface area contributed by atoms with Crippen LogP contribution in [0.3, 0.4) is 0 Å². The Morgan fingerprint density at radius 2 is 2.35 bits per heavy atom. The van der Waals surface area contributed by atoms with Crippen LogP contribution in [0, 0.1) is 0 Å². The number of nitrogens with two attached hydrogens (primary N) is 1. The van der Waals surface area contributed by atoms with Crippen LogP contribution in [0.5, 0.6) is 0 Å². The molecular weight excluding hydrogens is 362 g/mol. The van der Waals surface area contributed by atoms with Gasteiger partial charge in [-0.15, -0.1) is 0 Å². The summed E-state index contributed by atoms with van der Waals surface area (Å²) in [6.45, 7) is 2.25. The van der Waals surface area contributed by atoms with Crippen LogP contribution >= 0.6 is 15.9 Å². The number of hydrogen-bond acceptors (Lipinski definition) is 4. The molecule has 0 unspecified atom stereocenters. The van der Waals surface area contributed by atoms with Crippen molar-refractivity contribution in [2.24, 2.45) is 12.8 Å². The number of halogens is 1. The maximum Gasteiger partial charge on any atom is 0.297 e. The first-order chi connectivity index (χ1) is 10.9. The third-order valence-corrected chi connectivity index (χ3v) is 4.18. The van der Waals surface area contributed by atoms with Gasteiger partial charge in [0.15, 0.2) is 5.69 Å². The SMILES string of the molecule is CN/C(=C\C(N)=[NH+]c1cc(Br)cn(C)c1=O)CN(C)C1COC1. The number of rotatable bonds is 6. The van der Waals surface area contributed by atoms with Gasteiger partial charge in [-0.25, -0.2) is 4.99 Å². The molecule has 4 N–H and O–H groups in total. The second-order valence-electron chi connectivity index (χ2n) is 5.59. The van der Waals surface area contributed by atoms with Gasteiger partial charge in [0.25, 0.3) is 11.4 Å². The molecular formula is C15H23BrN5O2+. The number of pyridine rings is 1. The molecule has 0 bridgehead atoms. The van der Waals surface area contributed by atoms with Crippen LogP contribution in [-0.2, 0) is 11.8 Å². The maximum absolute atomic E-state index is 12.1. The Hall–Kier alpha value is -1.64. The molecule has 1 aliphatic heterocycles. The summed E-state index contributed by atoms with van der Waals surface area (Å²) in [5, 5.41) is 3.14. The Bertz CT molecular complexity index is 679. The number of hydrogen-bond donors (Lipinski definition) is 3. The minimum Gasteiger partial charge on any atom is -0.390 e. The predicted octanol–water partition coefficient (Wildman–Crippen LogP) is -1.35. The first-order valence-corrected chi connectivity index (χ1v) is 8.12. The molecule has 1 fully saturated rings. The average Bonchev–Trinajstić information content (AvgIpc) is 2.41. The number of ether oxygens (including phenoxy) is 1. The molecule has 7 nitrogen and oxygen atoms in total. The van der Waals surface area contributed by atoms with Gasteiger partial charge < -0.3 is 14.6 Å². The van der Waals surface area contributed by atoms with Crippen molar-refractivity contribution in [3.63, 3.8) is 0 Å². The van der Waals surface area contributed by atoms with Crippen molar-refractivity contribution < 1.29 is 9.73 Å². The molecule has 23 heavy (non-hydrogen) atoms. The van der Waals surface area contributed by atoms with Gasteiger partial charge in [-0.1, -0.05) is 0 Å². The molecule has 1 aromatic heterocycles. The Kier molecular flexibility index (Phi) is 5.97. The molecule has 0 atom stereocenters. The van der Waals surface area contributed by atoms with Gasteiger partial charge in [-0.05, 0) is 23.0 Å². The lowest BCUT2D eigenvalue weighted by molar-refractivity contribution is -0.355. The number of nitrogens with zero attached hydrogens (tertiary/aromatic N) is 2. The Balaban J connectivity index is 2.17. The Morgan fingerprint density at radius 1 is 1.65 bits per heavy atom. The van der Waals surface area contributed by atoms with E-state index in [1.807, 2.05) is 14.1 Å². The molecule has 0 saturated carbocycles. The number of nitrogens with one attached hydrogen (secondary N) is 2. The third-order valence-electron chi connectivity index (χ3n) is 3.74. The molecule has 1 saturated heterocycles.